The van der Waals surface area contributed by atoms with Crippen molar-refractivity contribution in [3.05, 3.63) is 42.4 Å². The topological polar surface area (TPSA) is 104 Å². The highest BCUT2D eigenvalue weighted by atomic mass is 127. The first kappa shape index (κ1) is 21.9. The Balaban J connectivity index is 0.00000338. The number of carbonyl (C=O) groups is 1. The van der Waals surface area contributed by atoms with Gasteiger partial charge >= 0.3 is 0 Å². The Bertz CT molecular complexity index is 724. The molecule has 0 saturated carbocycles. The number of halogens is 1. The van der Waals surface area contributed by atoms with Crippen molar-refractivity contribution in [1.29, 1.82) is 0 Å². The van der Waals surface area contributed by atoms with Gasteiger partial charge in [-0.3, -0.25) is 14.8 Å². The number of hydrogen-bond donors (Lipinski definition) is 3. The van der Waals surface area contributed by atoms with Gasteiger partial charge in [0, 0.05) is 18.7 Å². The van der Waals surface area contributed by atoms with Crippen molar-refractivity contribution in [2.24, 2.45) is 4.99 Å². The van der Waals surface area contributed by atoms with Crippen LogP contribution in [0.5, 0.6) is 0 Å². The number of pyridine rings is 1. The largest absolute Gasteiger partial charge is 0.443 e. The average molecular weight is 472 g/mol. The van der Waals surface area contributed by atoms with Gasteiger partial charge in [-0.05, 0) is 12.1 Å². The highest BCUT2D eigenvalue weighted by Gasteiger charge is 2.19. The van der Waals surface area contributed by atoms with Crippen molar-refractivity contribution in [3.8, 4) is 0 Å². The fourth-order valence-corrected chi connectivity index (χ4v) is 1.92. The van der Waals surface area contributed by atoms with Crippen LogP contribution in [0.4, 0.5) is 5.69 Å². The Labute approximate surface area is 170 Å². The van der Waals surface area contributed by atoms with Gasteiger partial charge < -0.3 is 20.4 Å². The number of nitrogens with one attached hydrogen (secondary N) is 3. The second-order valence-electron chi connectivity index (χ2n) is 6.44. The fourth-order valence-electron chi connectivity index (χ4n) is 1.92. The van der Waals surface area contributed by atoms with Gasteiger partial charge in [0.25, 0.3) is 0 Å². The summed E-state index contributed by atoms with van der Waals surface area (Å²) >= 11 is 0. The molecule has 26 heavy (non-hydrogen) atoms. The summed E-state index contributed by atoms with van der Waals surface area (Å²) in [6.45, 7) is 6.64. The molecular weight excluding hydrogens is 447 g/mol. The number of aliphatic imine (C=N–C) groups is 1. The average Bonchev–Trinajstić information content (AvgIpc) is 3.05. The van der Waals surface area contributed by atoms with Crippen LogP contribution >= 0.6 is 24.0 Å². The lowest BCUT2D eigenvalue weighted by molar-refractivity contribution is -0.115. The van der Waals surface area contributed by atoms with E-state index in [1.807, 2.05) is 0 Å². The molecule has 2 aromatic rings. The molecule has 2 heterocycles. The predicted octanol–water partition coefficient (Wildman–Crippen LogP) is 2.29. The van der Waals surface area contributed by atoms with Gasteiger partial charge in [0.15, 0.2) is 5.96 Å². The molecule has 0 saturated heterocycles. The first-order valence-corrected chi connectivity index (χ1v) is 7.98. The Hall–Kier alpha value is -2.17. The smallest absolute Gasteiger partial charge is 0.243 e. The zero-order chi connectivity index (χ0) is 18.3. The van der Waals surface area contributed by atoms with Crippen LogP contribution in [0.3, 0.4) is 0 Å². The minimum Gasteiger partial charge on any atom is -0.443 e. The molecule has 9 heteroatoms. The Morgan fingerprint density at radius 1 is 1.27 bits per heavy atom. The van der Waals surface area contributed by atoms with Gasteiger partial charge in [0.05, 0.1) is 31.2 Å². The third-order valence-corrected chi connectivity index (χ3v) is 3.29. The Morgan fingerprint density at radius 3 is 2.62 bits per heavy atom. The van der Waals surface area contributed by atoms with E-state index in [9.17, 15) is 4.79 Å². The molecule has 8 nitrogen and oxygen atoms in total. The van der Waals surface area contributed by atoms with Crippen LogP contribution in [-0.4, -0.2) is 35.4 Å². The van der Waals surface area contributed by atoms with Crippen molar-refractivity contribution in [3.63, 3.8) is 0 Å². The van der Waals surface area contributed by atoms with E-state index < -0.39 is 0 Å². The SMILES string of the molecule is CN=C(NCC(=O)Nc1cccnc1)NCc1ncc(C(C)(C)C)o1.I. The third-order valence-electron chi connectivity index (χ3n) is 3.29. The van der Waals surface area contributed by atoms with E-state index in [0.717, 1.165) is 5.76 Å². The Morgan fingerprint density at radius 2 is 2.04 bits per heavy atom. The van der Waals surface area contributed by atoms with E-state index in [2.05, 4.69) is 51.7 Å². The molecule has 0 fully saturated rings. The zero-order valence-corrected chi connectivity index (χ0v) is 17.7. The zero-order valence-electron chi connectivity index (χ0n) is 15.4. The maximum atomic E-state index is 11.9. The molecule has 0 radical (unpaired) electrons. The minimum absolute atomic E-state index is 0. The summed E-state index contributed by atoms with van der Waals surface area (Å²) in [5.41, 5.74) is 0.557. The summed E-state index contributed by atoms with van der Waals surface area (Å²) in [4.78, 5) is 24.2. The summed E-state index contributed by atoms with van der Waals surface area (Å²) in [7, 11) is 1.63. The monoisotopic (exact) mass is 472 g/mol. The number of amides is 1. The molecule has 0 aliphatic carbocycles. The van der Waals surface area contributed by atoms with Crippen LogP contribution in [0.2, 0.25) is 0 Å². The summed E-state index contributed by atoms with van der Waals surface area (Å²) in [6.07, 6.45) is 4.96. The van der Waals surface area contributed by atoms with Crippen molar-refractivity contribution < 1.29 is 9.21 Å². The Kier molecular flexibility index (Phi) is 8.49. The second-order valence-corrected chi connectivity index (χ2v) is 6.44. The highest BCUT2D eigenvalue weighted by Crippen LogP contribution is 2.22. The number of aromatic nitrogens is 2. The van der Waals surface area contributed by atoms with Crippen molar-refractivity contribution in [2.75, 3.05) is 18.9 Å². The van der Waals surface area contributed by atoms with Crippen LogP contribution in [-0.2, 0) is 16.8 Å². The predicted molar refractivity (Wildman–Crippen MR) is 112 cm³/mol. The van der Waals surface area contributed by atoms with Gasteiger partial charge in [-0.15, -0.1) is 24.0 Å². The molecule has 0 atom stereocenters. The van der Waals surface area contributed by atoms with Crippen LogP contribution in [0.25, 0.3) is 0 Å². The highest BCUT2D eigenvalue weighted by molar-refractivity contribution is 14.0. The van der Waals surface area contributed by atoms with Crippen LogP contribution in [0.1, 0.15) is 32.4 Å². The minimum atomic E-state index is -0.193. The number of oxazole rings is 1. The van der Waals surface area contributed by atoms with Crippen molar-refractivity contribution in [1.82, 2.24) is 20.6 Å². The lowest BCUT2D eigenvalue weighted by Gasteiger charge is -2.13. The lowest BCUT2D eigenvalue weighted by atomic mass is 9.94. The van der Waals surface area contributed by atoms with Gasteiger partial charge in [-0.25, -0.2) is 4.98 Å². The number of rotatable bonds is 5. The summed E-state index contributed by atoms with van der Waals surface area (Å²) in [6, 6.07) is 3.53. The lowest BCUT2D eigenvalue weighted by Crippen LogP contribution is -2.41. The van der Waals surface area contributed by atoms with Crippen molar-refractivity contribution in [2.45, 2.75) is 32.7 Å². The number of anilines is 1. The first-order valence-electron chi connectivity index (χ1n) is 7.98. The molecule has 142 valence electrons. The van der Waals surface area contributed by atoms with Crippen LogP contribution < -0.4 is 16.0 Å². The normalized spacial score (nSPS) is 11.5. The third kappa shape index (κ3) is 6.98. The molecule has 2 rings (SSSR count). The number of guanidine groups is 1. The van der Waals surface area contributed by atoms with Gasteiger partial charge in [0.1, 0.15) is 5.76 Å². The van der Waals surface area contributed by atoms with E-state index in [1.54, 1.807) is 37.8 Å². The number of nitrogens with zero attached hydrogens (tertiary/aromatic N) is 3. The van der Waals surface area contributed by atoms with E-state index in [0.29, 0.717) is 24.1 Å². The molecule has 2 aromatic heterocycles. The van der Waals surface area contributed by atoms with E-state index in [4.69, 9.17) is 4.42 Å². The number of carbonyl (C=O) groups excluding carboxylic acids is 1. The van der Waals surface area contributed by atoms with Gasteiger partial charge in [-0.2, -0.15) is 0 Å². The maximum absolute atomic E-state index is 11.9. The van der Waals surface area contributed by atoms with Crippen LogP contribution in [0.15, 0.2) is 40.1 Å². The molecule has 0 aromatic carbocycles. The van der Waals surface area contributed by atoms with Gasteiger partial charge in [-0.1, -0.05) is 20.8 Å². The van der Waals surface area contributed by atoms with E-state index >= 15 is 0 Å². The quantitative estimate of drug-likeness (QED) is 0.351. The summed E-state index contributed by atoms with van der Waals surface area (Å²) in [5.74, 6) is 1.68. The van der Waals surface area contributed by atoms with E-state index in [-0.39, 0.29) is 41.8 Å². The molecule has 3 N–H and O–H groups in total. The van der Waals surface area contributed by atoms with Gasteiger partial charge in [0.2, 0.25) is 11.8 Å². The van der Waals surface area contributed by atoms with Crippen molar-refractivity contribution >= 4 is 41.5 Å². The summed E-state index contributed by atoms with van der Waals surface area (Å²) < 4.78 is 5.70. The molecule has 0 spiro atoms. The maximum Gasteiger partial charge on any atom is 0.243 e. The molecule has 1 amide bonds. The summed E-state index contributed by atoms with van der Waals surface area (Å²) in [5, 5.41) is 8.73. The molecule has 0 aliphatic heterocycles. The molecule has 0 aliphatic rings. The number of hydrogen-bond acceptors (Lipinski definition) is 5. The molecule has 0 unspecified atom stereocenters. The second kappa shape index (κ2) is 10.1. The fraction of sp³-hybridized carbons (Fsp3) is 0.412. The standard InChI is InChI=1S/C17H24N6O2.HI/c1-17(2,3)13-9-20-15(25-13)11-22-16(18-4)21-10-14(24)23-12-6-5-7-19-8-12;/h5-9H,10-11H2,1-4H3,(H,23,24)(H2,18,21,22);1H. The van der Waals surface area contributed by atoms with Crippen LogP contribution in [0, 0.1) is 0 Å². The first-order chi connectivity index (χ1) is 11.9. The van der Waals surface area contributed by atoms with E-state index in [1.165, 1.54) is 0 Å². The molecule has 0 bridgehead atoms. The molecular formula is C17H25IN6O2.